The molecule has 1 aromatic heterocycles. The highest BCUT2D eigenvalue weighted by atomic mass is 35.5. The topological polar surface area (TPSA) is 129 Å². The van der Waals surface area contributed by atoms with Crippen LogP contribution in [0.3, 0.4) is 0 Å². The predicted octanol–water partition coefficient (Wildman–Crippen LogP) is 0.922. The standard InChI is InChI=1S/C11H8ClN3O5S/c12-8-5-6(1-2-7(8)11(17)18)21(19,20)15-9-3-4-10(16)14-13-9/h1-5H,(H,13,15)(H,14,16)(H,17,18). The lowest BCUT2D eigenvalue weighted by molar-refractivity contribution is 0.0697. The Morgan fingerprint density at radius 2 is 2.00 bits per heavy atom. The van der Waals surface area contributed by atoms with Crippen LogP contribution in [0, 0.1) is 0 Å². The van der Waals surface area contributed by atoms with Crippen molar-refractivity contribution in [3.8, 4) is 0 Å². The van der Waals surface area contributed by atoms with Crippen molar-refractivity contribution in [1.82, 2.24) is 10.2 Å². The first-order valence-corrected chi connectivity index (χ1v) is 7.27. The number of carbonyl (C=O) groups is 1. The lowest BCUT2D eigenvalue weighted by atomic mass is 10.2. The number of aromatic nitrogens is 2. The summed E-state index contributed by atoms with van der Waals surface area (Å²) in [4.78, 5) is 21.4. The lowest BCUT2D eigenvalue weighted by Gasteiger charge is -2.08. The Labute approximate surface area is 123 Å². The Kier molecular flexibility index (Phi) is 3.96. The number of carboxylic acids is 1. The Balaban J connectivity index is 2.35. The zero-order chi connectivity index (χ0) is 15.6. The van der Waals surface area contributed by atoms with Gasteiger partial charge in [0.15, 0.2) is 5.82 Å². The van der Waals surface area contributed by atoms with Gasteiger partial charge in [0.25, 0.3) is 15.6 Å². The smallest absolute Gasteiger partial charge is 0.337 e. The summed E-state index contributed by atoms with van der Waals surface area (Å²) in [6.45, 7) is 0. The van der Waals surface area contributed by atoms with E-state index >= 15 is 0 Å². The summed E-state index contributed by atoms with van der Waals surface area (Å²) in [6.07, 6.45) is 0. The van der Waals surface area contributed by atoms with Crippen molar-refractivity contribution in [3.05, 3.63) is 51.3 Å². The summed E-state index contributed by atoms with van der Waals surface area (Å²) < 4.78 is 26.3. The fourth-order valence-corrected chi connectivity index (χ4v) is 2.79. The van der Waals surface area contributed by atoms with Crippen LogP contribution in [0.1, 0.15) is 10.4 Å². The first kappa shape index (κ1) is 15.0. The van der Waals surface area contributed by atoms with Gasteiger partial charge in [0, 0.05) is 6.07 Å². The number of anilines is 1. The number of aromatic amines is 1. The van der Waals surface area contributed by atoms with Crippen molar-refractivity contribution in [2.45, 2.75) is 4.90 Å². The van der Waals surface area contributed by atoms with Gasteiger partial charge in [0.1, 0.15) is 0 Å². The van der Waals surface area contributed by atoms with Gasteiger partial charge < -0.3 is 5.11 Å². The van der Waals surface area contributed by atoms with Crippen LogP contribution < -0.4 is 10.3 Å². The van der Waals surface area contributed by atoms with Gasteiger partial charge in [0.2, 0.25) is 0 Å². The molecule has 3 N–H and O–H groups in total. The molecule has 1 aromatic carbocycles. The lowest BCUT2D eigenvalue weighted by Crippen LogP contribution is -2.16. The molecule has 0 atom stereocenters. The van der Waals surface area contributed by atoms with Crippen LogP contribution in [0.4, 0.5) is 5.82 Å². The van der Waals surface area contributed by atoms with E-state index in [-0.39, 0.29) is 21.3 Å². The first-order chi connectivity index (χ1) is 9.79. The number of halogens is 1. The van der Waals surface area contributed by atoms with E-state index in [0.717, 1.165) is 24.3 Å². The second-order valence-corrected chi connectivity index (χ2v) is 5.95. The van der Waals surface area contributed by atoms with Crippen molar-refractivity contribution < 1.29 is 18.3 Å². The molecule has 0 aliphatic heterocycles. The molecule has 1 heterocycles. The fraction of sp³-hybridized carbons (Fsp3) is 0. The zero-order valence-corrected chi connectivity index (χ0v) is 11.8. The van der Waals surface area contributed by atoms with Crippen LogP contribution in [0.2, 0.25) is 5.02 Å². The van der Waals surface area contributed by atoms with E-state index in [0.29, 0.717) is 0 Å². The summed E-state index contributed by atoms with van der Waals surface area (Å²) in [7, 11) is -4.00. The van der Waals surface area contributed by atoms with Crippen LogP contribution in [0.25, 0.3) is 0 Å². The largest absolute Gasteiger partial charge is 0.478 e. The van der Waals surface area contributed by atoms with E-state index in [4.69, 9.17) is 16.7 Å². The summed E-state index contributed by atoms with van der Waals surface area (Å²) >= 11 is 5.72. The van der Waals surface area contributed by atoms with Crippen LogP contribution in [0.15, 0.2) is 40.0 Å². The Morgan fingerprint density at radius 1 is 1.29 bits per heavy atom. The molecule has 0 aliphatic carbocycles. The molecule has 0 amide bonds. The number of aromatic carboxylic acids is 1. The van der Waals surface area contributed by atoms with Crippen molar-refractivity contribution in [3.63, 3.8) is 0 Å². The molecule has 10 heteroatoms. The third kappa shape index (κ3) is 3.38. The molecule has 0 unspecified atom stereocenters. The summed E-state index contributed by atoms with van der Waals surface area (Å²) in [5.41, 5.74) is -0.690. The maximum absolute atomic E-state index is 12.1. The van der Waals surface area contributed by atoms with E-state index in [2.05, 4.69) is 14.9 Å². The van der Waals surface area contributed by atoms with Gasteiger partial charge in [-0.2, -0.15) is 5.10 Å². The molecular formula is C11H8ClN3O5S. The summed E-state index contributed by atoms with van der Waals surface area (Å²) in [5, 5.41) is 14.2. The van der Waals surface area contributed by atoms with Gasteiger partial charge >= 0.3 is 5.97 Å². The zero-order valence-electron chi connectivity index (χ0n) is 10.2. The van der Waals surface area contributed by atoms with Gasteiger partial charge in [-0.1, -0.05) is 11.6 Å². The van der Waals surface area contributed by atoms with Gasteiger partial charge in [-0.15, -0.1) is 0 Å². The molecule has 0 aliphatic rings. The molecule has 21 heavy (non-hydrogen) atoms. The number of carboxylic acid groups (broad SMARTS) is 1. The predicted molar refractivity (Wildman–Crippen MR) is 74.1 cm³/mol. The van der Waals surface area contributed by atoms with Crippen LogP contribution in [0.5, 0.6) is 0 Å². The third-order valence-corrected chi connectivity index (χ3v) is 4.06. The molecule has 2 aromatic rings. The minimum atomic E-state index is -4.00. The second-order valence-electron chi connectivity index (χ2n) is 3.86. The van der Waals surface area contributed by atoms with Gasteiger partial charge in [-0.05, 0) is 24.3 Å². The van der Waals surface area contributed by atoms with Crippen molar-refractivity contribution in [2.24, 2.45) is 0 Å². The second kappa shape index (κ2) is 5.54. The monoisotopic (exact) mass is 329 g/mol. The van der Waals surface area contributed by atoms with E-state index in [1.165, 1.54) is 6.07 Å². The quantitative estimate of drug-likeness (QED) is 0.765. The van der Waals surface area contributed by atoms with E-state index in [1.54, 1.807) is 0 Å². The highest BCUT2D eigenvalue weighted by Gasteiger charge is 2.18. The molecule has 0 spiro atoms. The van der Waals surface area contributed by atoms with E-state index < -0.39 is 21.6 Å². The minimum absolute atomic E-state index is 0.0898. The highest BCUT2D eigenvalue weighted by Crippen LogP contribution is 2.22. The first-order valence-electron chi connectivity index (χ1n) is 5.41. The van der Waals surface area contributed by atoms with Crippen LogP contribution in [-0.4, -0.2) is 29.7 Å². The van der Waals surface area contributed by atoms with Gasteiger partial charge in [-0.3, -0.25) is 9.52 Å². The average Bonchev–Trinajstić information content (AvgIpc) is 2.40. The minimum Gasteiger partial charge on any atom is -0.478 e. The number of sulfonamides is 1. The van der Waals surface area contributed by atoms with Crippen molar-refractivity contribution in [1.29, 1.82) is 0 Å². The number of rotatable bonds is 4. The third-order valence-electron chi connectivity index (χ3n) is 2.40. The maximum atomic E-state index is 12.1. The number of nitrogens with one attached hydrogen (secondary N) is 2. The number of hydrogen-bond donors (Lipinski definition) is 3. The Hall–Kier alpha value is -2.39. The molecule has 0 saturated heterocycles. The van der Waals surface area contributed by atoms with Crippen molar-refractivity contribution >= 4 is 33.4 Å². The molecule has 0 bridgehead atoms. The van der Waals surface area contributed by atoms with Crippen LogP contribution in [-0.2, 0) is 10.0 Å². The van der Waals surface area contributed by atoms with Crippen molar-refractivity contribution in [2.75, 3.05) is 4.72 Å². The maximum Gasteiger partial charge on any atom is 0.337 e. The molecule has 8 nitrogen and oxygen atoms in total. The summed E-state index contributed by atoms with van der Waals surface area (Å²) in [5.74, 6) is -1.35. The summed E-state index contributed by atoms with van der Waals surface area (Å²) in [6, 6.07) is 5.48. The molecule has 110 valence electrons. The van der Waals surface area contributed by atoms with Crippen LogP contribution >= 0.6 is 11.6 Å². The van der Waals surface area contributed by atoms with Gasteiger partial charge in [-0.25, -0.2) is 18.3 Å². The molecular weight excluding hydrogens is 322 g/mol. The number of H-pyrrole nitrogens is 1. The number of benzene rings is 1. The van der Waals surface area contributed by atoms with E-state index in [9.17, 15) is 18.0 Å². The average molecular weight is 330 g/mol. The van der Waals surface area contributed by atoms with E-state index in [1.807, 2.05) is 0 Å². The molecule has 2 rings (SSSR count). The Bertz CT molecular complexity index is 842. The van der Waals surface area contributed by atoms with Gasteiger partial charge in [0.05, 0.1) is 15.5 Å². The Morgan fingerprint density at radius 3 is 2.52 bits per heavy atom. The normalized spacial score (nSPS) is 11.1. The number of nitrogens with zero attached hydrogens (tertiary/aromatic N) is 1. The SMILES string of the molecule is O=C(O)c1ccc(S(=O)(=O)Nc2ccc(=O)[nH]n2)cc1Cl. The number of hydrogen-bond acceptors (Lipinski definition) is 5. The molecule has 0 fully saturated rings. The molecule has 0 radical (unpaired) electrons. The highest BCUT2D eigenvalue weighted by molar-refractivity contribution is 7.92. The fourth-order valence-electron chi connectivity index (χ4n) is 1.43. The molecule has 0 saturated carbocycles.